The van der Waals surface area contributed by atoms with Gasteiger partial charge in [-0.25, -0.2) is 13.1 Å². The molecule has 0 aliphatic carbocycles. The van der Waals surface area contributed by atoms with Crippen LogP contribution >= 0.6 is 0 Å². The van der Waals surface area contributed by atoms with Gasteiger partial charge in [0.15, 0.2) is 11.5 Å². The van der Waals surface area contributed by atoms with E-state index in [9.17, 15) is 8.42 Å². The van der Waals surface area contributed by atoms with Gasteiger partial charge in [0.25, 0.3) is 0 Å². The maximum atomic E-state index is 12.8. The van der Waals surface area contributed by atoms with Crippen molar-refractivity contribution in [3.8, 4) is 11.5 Å². The smallest absolute Gasteiger partial charge is 0.241 e. The largest absolute Gasteiger partial charge is 0.486 e. The number of ether oxygens (including phenoxy) is 2. The monoisotopic (exact) mass is 369 g/mol. The van der Waals surface area contributed by atoms with Crippen LogP contribution in [-0.4, -0.2) is 21.6 Å². The molecular weight excluding hydrogens is 350 g/mol. The Bertz CT molecular complexity index is 1060. The van der Waals surface area contributed by atoms with E-state index in [1.54, 1.807) is 6.07 Å². The highest BCUT2D eigenvalue weighted by Crippen LogP contribution is 2.32. The van der Waals surface area contributed by atoms with Gasteiger partial charge in [-0.1, -0.05) is 36.4 Å². The molecule has 6 heteroatoms. The van der Waals surface area contributed by atoms with Crippen LogP contribution in [0.1, 0.15) is 18.5 Å². The highest BCUT2D eigenvalue weighted by atomic mass is 32.2. The van der Waals surface area contributed by atoms with Crippen LogP contribution in [0.2, 0.25) is 0 Å². The second-order valence-electron chi connectivity index (χ2n) is 6.26. The van der Waals surface area contributed by atoms with Crippen molar-refractivity contribution in [2.24, 2.45) is 0 Å². The first-order valence-electron chi connectivity index (χ1n) is 8.44. The fourth-order valence-electron chi connectivity index (χ4n) is 3.04. The van der Waals surface area contributed by atoms with Crippen LogP contribution in [0.5, 0.6) is 11.5 Å². The van der Waals surface area contributed by atoms with E-state index in [1.807, 2.05) is 49.4 Å². The second-order valence-corrected chi connectivity index (χ2v) is 7.97. The molecule has 1 atom stereocenters. The van der Waals surface area contributed by atoms with Crippen LogP contribution in [0.3, 0.4) is 0 Å². The first kappa shape index (κ1) is 16.9. The molecule has 1 heterocycles. The van der Waals surface area contributed by atoms with E-state index < -0.39 is 10.0 Å². The molecule has 1 aliphatic rings. The third-order valence-corrected chi connectivity index (χ3v) is 5.97. The second kappa shape index (κ2) is 6.63. The van der Waals surface area contributed by atoms with E-state index in [0.717, 1.165) is 16.3 Å². The van der Waals surface area contributed by atoms with Gasteiger partial charge in [-0.2, -0.15) is 0 Å². The van der Waals surface area contributed by atoms with Crippen molar-refractivity contribution in [3.63, 3.8) is 0 Å². The Kier molecular flexibility index (Phi) is 4.30. The molecule has 134 valence electrons. The molecule has 0 saturated heterocycles. The number of benzene rings is 3. The number of hydrogen-bond acceptors (Lipinski definition) is 4. The van der Waals surface area contributed by atoms with Crippen LogP contribution in [0.4, 0.5) is 0 Å². The minimum absolute atomic E-state index is 0.161. The van der Waals surface area contributed by atoms with Crippen molar-refractivity contribution in [2.75, 3.05) is 13.2 Å². The number of hydrogen-bond donors (Lipinski definition) is 1. The molecule has 0 aromatic heterocycles. The Morgan fingerprint density at radius 3 is 2.42 bits per heavy atom. The summed E-state index contributed by atoms with van der Waals surface area (Å²) in [5.41, 5.74) is 0.907. The van der Waals surface area contributed by atoms with Crippen molar-refractivity contribution in [1.82, 2.24) is 4.72 Å². The Labute approximate surface area is 152 Å². The SMILES string of the molecule is C[C@H](NS(=O)(=O)c1ccc2c(c1)OCCO2)c1ccc2ccccc2c1. The molecule has 1 N–H and O–H groups in total. The molecule has 3 aromatic carbocycles. The van der Waals surface area contributed by atoms with E-state index in [4.69, 9.17) is 9.47 Å². The number of rotatable bonds is 4. The van der Waals surface area contributed by atoms with E-state index >= 15 is 0 Å². The molecule has 1 aliphatic heterocycles. The predicted octanol–water partition coefficient (Wildman–Crippen LogP) is 3.65. The zero-order valence-electron chi connectivity index (χ0n) is 14.3. The highest BCUT2D eigenvalue weighted by molar-refractivity contribution is 7.89. The van der Waals surface area contributed by atoms with Crippen LogP contribution in [-0.2, 0) is 10.0 Å². The molecule has 26 heavy (non-hydrogen) atoms. The van der Waals surface area contributed by atoms with Crippen LogP contribution in [0.15, 0.2) is 65.6 Å². The van der Waals surface area contributed by atoms with Crippen molar-refractivity contribution in [1.29, 1.82) is 0 Å². The summed E-state index contributed by atoms with van der Waals surface area (Å²) in [6.45, 7) is 2.72. The van der Waals surface area contributed by atoms with Gasteiger partial charge >= 0.3 is 0 Å². The molecule has 0 fully saturated rings. The zero-order chi connectivity index (χ0) is 18.1. The molecule has 4 rings (SSSR count). The minimum atomic E-state index is -3.68. The van der Waals surface area contributed by atoms with Crippen molar-refractivity contribution < 1.29 is 17.9 Å². The third-order valence-electron chi connectivity index (χ3n) is 4.43. The van der Waals surface area contributed by atoms with Crippen molar-refractivity contribution >= 4 is 20.8 Å². The minimum Gasteiger partial charge on any atom is -0.486 e. The van der Waals surface area contributed by atoms with Crippen LogP contribution in [0.25, 0.3) is 10.8 Å². The van der Waals surface area contributed by atoms with Crippen molar-refractivity contribution in [2.45, 2.75) is 17.9 Å². The molecular formula is C20H19NO4S. The Morgan fingerprint density at radius 1 is 0.885 bits per heavy atom. The molecule has 5 nitrogen and oxygen atoms in total. The summed E-state index contributed by atoms with van der Waals surface area (Å²) in [5.74, 6) is 1.02. The first-order valence-corrected chi connectivity index (χ1v) is 9.92. The third kappa shape index (κ3) is 3.25. The summed E-state index contributed by atoms with van der Waals surface area (Å²) < 4.78 is 39.2. The van der Waals surface area contributed by atoms with Gasteiger partial charge < -0.3 is 9.47 Å². The maximum Gasteiger partial charge on any atom is 0.241 e. The predicted molar refractivity (Wildman–Crippen MR) is 100 cm³/mol. The van der Waals surface area contributed by atoms with Gasteiger partial charge in [0.2, 0.25) is 10.0 Å². The van der Waals surface area contributed by atoms with E-state index in [1.165, 1.54) is 12.1 Å². The summed E-state index contributed by atoms with van der Waals surface area (Å²) in [4.78, 5) is 0.161. The first-order chi connectivity index (χ1) is 12.5. The summed E-state index contributed by atoms with van der Waals surface area (Å²) >= 11 is 0. The maximum absolute atomic E-state index is 12.8. The fourth-order valence-corrected chi connectivity index (χ4v) is 4.28. The van der Waals surface area contributed by atoms with Crippen LogP contribution in [0, 0.1) is 0 Å². The number of nitrogens with one attached hydrogen (secondary N) is 1. The fraction of sp³-hybridized carbons (Fsp3) is 0.200. The average molecular weight is 369 g/mol. The van der Waals surface area contributed by atoms with Gasteiger partial charge in [0, 0.05) is 12.1 Å². The number of sulfonamides is 1. The molecule has 0 saturated carbocycles. The lowest BCUT2D eigenvalue weighted by Gasteiger charge is -2.20. The molecule has 3 aromatic rings. The van der Waals surface area contributed by atoms with Gasteiger partial charge in [0.1, 0.15) is 13.2 Å². The lowest BCUT2D eigenvalue weighted by molar-refractivity contribution is 0.171. The molecule has 0 unspecified atom stereocenters. The summed E-state index contributed by atoms with van der Waals surface area (Å²) in [6, 6.07) is 18.2. The van der Waals surface area contributed by atoms with Gasteiger partial charge in [-0.05, 0) is 41.5 Å². The normalized spacial score (nSPS) is 15.0. The van der Waals surface area contributed by atoms with Crippen LogP contribution < -0.4 is 14.2 Å². The Balaban J connectivity index is 1.60. The van der Waals surface area contributed by atoms with E-state index in [-0.39, 0.29) is 10.9 Å². The number of fused-ring (bicyclic) bond motifs is 2. The van der Waals surface area contributed by atoms with Gasteiger partial charge in [-0.15, -0.1) is 0 Å². The summed E-state index contributed by atoms with van der Waals surface area (Å²) in [7, 11) is -3.68. The molecule has 0 amide bonds. The van der Waals surface area contributed by atoms with E-state index in [2.05, 4.69) is 4.72 Å². The summed E-state index contributed by atoms with van der Waals surface area (Å²) in [6.07, 6.45) is 0. The lowest BCUT2D eigenvalue weighted by Crippen LogP contribution is -2.27. The van der Waals surface area contributed by atoms with Gasteiger partial charge in [-0.3, -0.25) is 0 Å². The zero-order valence-corrected chi connectivity index (χ0v) is 15.1. The summed E-state index contributed by atoms with van der Waals surface area (Å²) in [5, 5.41) is 2.20. The van der Waals surface area contributed by atoms with Gasteiger partial charge in [0.05, 0.1) is 4.90 Å². The molecule has 0 spiro atoms. The molecule has 0 radical (unpaired) electrons. The standard InChI is InChI=1S/C20H19NO4S/c1-14(16-7-6-15-4-2-3-5-17(15)12-16)21-26(22,23)18-8-9-19-20(13-18)25-11-10-24-19/h2-9,12-14,21H,10-11H2,1H3/t14-/m0/s1. The van der Waals surface area contributed by atoms with E-state index in [0.29, 0.717) is 24.7 Å². The average Bonchev–Trinajstić information content (AvgIpc) is 2.67. The van der Waals surface area contributed by atoms with Crippen molar-refractivity contribution in [3.05, 3.63) is 66.2 Å². The lowest BCUT2D eigenvalue weighted by atomic mass is 10.0. The Hall–Kier alpha value is -2.57. The quantitative estimate of drug-likeness (QED) is 0.762. The highest BCUT2D eigenvalue weighted by Gasteiger charge is 2.22. The topological polar surface area (TPSA) is 64.6 Å². The molecule has 0 bridgehead atoms. The Morgan fingerprint density at radius 2 is 1.62 bits per heavy atom.